The van der Waals surface area contributed by atoms with Crippen molar-refractivity contribution in [2.24, 2.45) is 0 Å². The van der Waals surface area contributed by atoms with E-state index in [9.17, 15) is 38.2 Å². The second-order valence-electron chi connectivity index (χ2n) is 6.33. The van der Waals surface area contributed by atoms with Crippen LogP contribution in [-0.4, -0.2) is 62.4 Å². The monoisotopic (exact) mass is 555 g/mol. The normalized spacial score (nSPS) is 30.0. The fourth-order valence-electron chi connectivity index (χ4n) is 2.76. The number of hydrogen-bond acceptors (Lipinski definition) is 11. The van der Waals surface area contributed by atoms with Crippen LogP contribution in [0.3, 0.4) is 0 Å². The van der Waals surface area contributed by atoms with Crippen LogP contribution in [-0.2, 0) is 31.6 Å². The number of alkyl halides is 1. The van der Waals surface area contributed by atoms with Crippen LogP contribution in [0.15, 0.2) is 15.9 Å². The minimum atomic E-state index is -5.79. The predicted molar refractivity (Wildman–Crippen MR) is 105 cm³/mol. The van der Waals surface area contributed by atoms with E-state index >= 15 is 0 Å². The van der Waals surface area contributed by atoms with Crippen molar-refractivity contribution in [3.05, 3.63) is 27.3 Å². The number of nitrogens with one attached hydrogen (secondary N) is 1. The van der Waals surface area contributed by atoms with E-state index in [4.69, 9.17) is 26.1 Å². The number of aliphatic hydroxyl groups is 1. The van der Waals surface area contributed by atoms with Gasteiger partial charge in [-0.15, -0.1) is 5.92 Å². The van der Waals surface area contributed by atoms with Gasteiger partial charge in [0.15, 0.2) is 11.1 Å². The van der Waals surface area contributed by atoms with E-state index < -0.39 is 64.3 Å². The smallest absolute Gasteiger partial charge is 0.387 e. The molecule has 1 aromatic heterocycles. The molecule has 0 aliphatic carbocycles. The minimum Gasteiger partial charge on any atom is -0.387 e. The highest BCUT2D eigenvalue weighted by molar-refractivity contribution is 7.66. The number of phosphoric acid groups is 3. The van der Waals surface area contributed by atoms with Crippen molar-refractivity contribution in [1.82, 2.24) is 14.5 Å². The Morgan fingerprint density at radius 3 is 2.36 bits per heavy atom. The van der Waals surface area contributed by atoms with Crippen LogP contribution in [0.5, 0.6) is 0 Å². The van der Waals surface area contributed by atoms with Crippen LogP contribution in [0.25, 0.3) is 0 Å². The average Bonchev–Trinajstić information content (AvgIpc) is 2.83. The number of halogens is 1. The zero-order chi connectivity index (χ0) is 25.4. The van der Waals surface area contributed by atoms with Gasteiger partial charge < -0.3 is 29.4 Å². The highest BCUT2D eigenvalue weighted by atomic mass is 35.5. The Labute approximate surface area is 188 Å². The summed E-state index contributed by atoms with van der Waals surface area (Å²) in [5.41, 5.74) is -2.04. The molecular formula is C12H17ClN3O14P3. The van der Waals surface area contributed by atoms with Gasteiger partial charge >= 0.3 is 34.8 Å². The van der Waals surface area contributed by atoms with Crippen molar-refractivity contribution in [3.63, 3.8) is 0 Å². The molecule has 6 N–H and O–H groups in total. The van der Waals surface area contributed by atoms with E-state index in [1.807, 2.05) is 4.98 Å². The molecular weight excluding hydrogens is 539 g/mol. The number of H-pyrrole nitrogens is 1. The fourth-order valence-corrected chi connectivity index (χ4v) is 6.34. The molecule has 0 radical (unpaired) electrons. The van der Waals surface area contributed by atoms with Gasteiger partial charge in [0.2, 0.25) is 0 Å². The van der Waals surface area contributed by atoms with Crippen LogP contribution >= 0.6 is 35.1 Å². The SMILES string of the molecule is CC#C[C@@]1(Cl)C(n2cnc(=O)[nH]c2=O)O[C@H]([C@H](C)OP(=O)(O)OP(=O)(O)OP(=O)(O)O)[C@@H]1O. The molecule has 1 fully saturated rings. The zero-order valence-corrected chi connectivity index (χ0v) is 19.9. The molecule has 7 atom stereocenters. The largest absolute Gasteiger partial charge is 0.490 e. The molecule has 2 rings (SSSR count). The second kappa shape index (κ2) is 9.80. The number of nitrogens with zero attached hydrogens (tertiary/aromatic N) is 2. The fraction of sp³-hybridized carbons (Fsp3) is 0.583. The first-order valence-corrected chi connectivity index (χ1v) is 13.3. The Kier molecular flexibility index (Phi) is 8.33. The minimum absolute atomic E-state index is 0.680. The first kappa shape index (κ1) is 28.0. The lowest BCUT2D eigenvalue weighted by molar-refractivity contribution is -0.0752. The number of ether oxygens (including phenoxy) is 1. The topological polar surface area (TPSA) is 257 Å². The predicted octanol–water partition coefficient (Wildman–Crippen LogP) is -1.08. The van der Waals surface area contributed by atoms with Crippen molar-refractivity contribution >= 4 is 35.1 Å². The molecule has 0 spiro atoms. The van der Waals surface area contributed by atoms with Gasteiger partial charge in [-0.25, -0.2) is 23.3 Å². The van der Waals surface area contributed by atoms with Gasteiger partial charge in [0.25, 0.3) is 0 Å². The molecule has 3 unspecified atom stereocenters. The number of phosphoric ester groups is 1. The van der Waals surface area contributed by atoms with Gasteiger partial charge in [0.05, 0.1) is 6.10 Å². The molecule has 2 heterocycles. The molecule has 21 heteroatoms. The third kappa shape index (κ3) is 6.91. The molecule has 1 saturated heterocycles. The van der Waals surface area contributed by atoms with E-state index in [2.05, 4.69) is 30.0 Å². The van der Waals surface area contributed by atoms with Crippen LogP contribution in [0.4, 0.5) is 0 Å². The van der Waals surface area contributed by atoms with Crippen molar-refractivity contribution < 1.29 is 56.3 Å². The van der Waals surface area contributed by atoms with E-state index in [0.29, 0.717) is 4.57 Å². The van der Waals surface area contributed by atoms with Crippen LogP contribution in [0, 0.1) is 11.8 Å². The molecule has 1 aliphatic rings. The molecule has 33 heavy (non-hydrogen) atoms. The van der Waals surface area contributed by atoms with E-state index in [0.717, 1.165) is 13.3 Å². The van der Waals surface area contributed by atoms with E-state index in [-0.39, 0.29) is 0 Å². The van der Waals surface area contributed by atoms with Gasteiger partial charge in [0.1, 0.15) is 18.5 Å². The third-order valence-electron chi connectivity index (χ3n) is 3.88. The molecule has 1 aromatic rings. The summed E-state index contributed by atoms with van der Waals surface area (Å²) in [6.45, 7) is 2.36. The van der Waals surface area contributed by atoms with Crippen molar-refractivity contribution in [3.8, 4) is 11.8 Å². The lowest BCUT2D eigenvalue weighted by atomic mass is 9.97. The maximum Gasteiger partial charge on any atom is 0.490 e. The molecule has 17 nitrogen and oxygen atoms in total. The highest BCUT2D eigenvalue weighted by Gasteiger charge is 2.58. The number of aromatic amines is 1. The van der Waals surface area contributed by atoms with Crippen molar-refractivity contribution in [2.75, 3.05) is 0 Å². The maximum absolute atomic E-state index is 12.1. The standard InChI is InChI=1S/C12H17ClN3O14P3/c1-3-4-12(13)8(17)7(27-9(12)16-5-14-10(18)15-11(16)19)6(2)28-32(23,24)30-33(25,26)29-31(20,21)22/h5-9,17H,1-2H3,(H,23,24)(H,25,26)(H,15,18,19)(H2,20,21,22)/t6-,7+,8-,9?,12-/m0/s1. The molecule has 0 amide bonds. The lowest BCUT2D eigenvalue weighted by Crippen LogP contribution is -2.45. The van der Waals surface area contributed by atoms with E-state index in [1.54, 1.807) is 0 Å². The summed E-state index contributed by atoms with van der Waals surface area (Å²) in [7, 11) is -17.0. The van der Waals surface area contributed by atoms with Gasteiger partial charge in [-0.3, -0.25) is 14.1 Å². The summed E-state index contributed by atoms with van der Waals surface area (Å²) < 4.78 is 52.2. The van der Waals surface area contributed by atoms with Crippen LogP contribution < -0.4 is 11.4 Å². The quantitative estimate of drug-likeness (QED) is 0.127. The van der Waals surface area contributed by atoms with Gasteiger partial charge in [-0.1, -0.05) is 17.5 Å². The van der Waals surface area contributed by atoms with Gasteiger partial charge in [-0.05, 0) is 13.8 Å². The summed E-state index contributed by atoms with van der Waals surface area (Å²) in [5.74, 6) is 4.84. The number of aromatic nitrogens is 3. The molecule has 0 bridgehead atoms. The third-order valence-corrected chi connectivity index (χ3v) is 8.31. The van der Waals surface area contributed by atoms with Crippen LogP contribution in [0.1, 0.15) is 20.1 Å². The summed E-state index contributed by atoms with van der Waals surface area (Å²) in [4.78, 5) is 62.5. The number of hydrogen-bond donors (Lipinski definition) is 6. The summed E-state index contributed by atoms with van der Waals surface area (Å²) in [6.07, 6.45) is -6.02. The lowest BCUT2D eigenvalue weighted by Gasteiger charge is -2.26. The molecule has 0 aromatic carbocycles. The first-order chi connectivity index (χ1) is 14.9. The van der Waals surface area contributed by atoms with Crippen molar-refractivity contribution in [2.45, 2.75) is 43.3 Å². The summed E-state index contributed by atoms with van der Waals surface area (Å²) >= 11 is 6.39. The maximum atomic E-state index is 12.1. The number of rotatable bonds is 8. The molecule has 186 valence electrons. The molecule has 0 saturated carbocycles. The van der Waals surface area contributed by atoms with Gasteiger partial charge in [0, 0.05) is 0 Å². The zero-order valence-electron chi connectivity index (χ0n) is 16.4. The van der Waals surface area contributed by atoms with Gasteiger partial charge in [-0.2, -0.15) is 13.6 Å². The Balaban J connectivity index is 2.32. The summed E-state index contributed by atoms with van der Waals surface area (Å²) in [5, 5.41) is 10.7. The first-order valence-electron chi connectivity index (χ1n) is 8.37. The Hall–Kier alpha value is -1.21. The van der Waals surface area contributed by atoms with Crippen LogP contribution in [0.2, 0.25) is 0 Å². The Bertz CT molecular complexity index is 1220. The van der Waals surface area contributed by atoms with E-state index in [1.165, 1.54) is 6.92 Å². The number of aliphatic hydroxyl groups excluding tert-OH is 1. The Morgan fingerprint density at radius 1 is 1.24 bits per heavy atom. The van der Waals surface area contributed by atoms with Crippen molar-refractivity contribution in [1.29, 1.82) is 0 Å². The summed E-state index contributed by atoms with van der Waals surface area (Å²) in [6, 6.07) is 0. The average molecular weight is 556 g/mol. The molecule has 1 aliphatic heterocycles. The second-order valence-corrected chi connectivity index (χ2v) is 11.3. The Morgan fingerprint density at radius 2 is 1.85 bits per heavy atom. The highest BCUT2D eigenvalue weighted by Crippen LogP contribution is 2.66.